The number of hydrogen-bond acceptors (Lipinski definition) is 3. The summed E-state index contributed by atoms with van der Waals surface area (Å²) in [5, 5.41) is 11.1. The Morgan fingerprint density at radius 2 is 1.92 bits per heavy atom. The number of carboxylic acids is 1. The van der Waals surface area contributed by atoms with Crippen molar-refractivity contribution in [3.05, 3.63) is 12.7 Å². The fraction of sp³-hybridized carbons (Fsp3) is 0.500. The molecule has 0 saturated carbocycles. The van der Waals surface area contributed by atoms with Crippen LogP contribution in [0.3, 0.4) is 0 Å². The normalized spacial score (nSPS) is 14.8. The van der Waals surface area contributed by atoms with E-state index < -0.39 is 18.1 Å². The van der Waals surface area contributed by atoms with Gasteiger partial charge in [0.25, 0.3) is 0 Å². The average molecular weight is 171 g/mol. The van der Waals surface area contributed by atoms with Crippen molar-refractivity contribution in [2.75, 3.05) is 0 Å². The molecule has 0 aromatic carbocycles. The Labute approximate surface area is 71.3 Å². The van der Waals surface area contributed by atoms with E-state index in [0.29, 0.717) is 0 Å². The Kier molecular flexibility index (Phi) is 4.21. The van der Waals surface area contributed by atoms with Gasteiger partial charge >= 0.3 is 5.97 Å². The fourth-order valence-corrected chi connectivity index (χ4v) is 0.705. The molecule has 68 valence electrons. The molecule has 4 nitrogen and oxygen atoms in total. The van der Waals surface area contributed by atoms with Crippen molar-refractivity contribution < 1.29 is 14.7 Å². The summed E-state index contributed by atoms with van der Waals surface area (Å²) in [7, 11) is 0. The van der Waals surface area contributed by atoms with Crippen molar-refractivity contribution in [3.63, 3.8) is 0 Å². The van der Waals surface area contributed by atoms with E-state index in [1.54, 1.807) is 6.92 Å². The Morgan fingerprint density at radius 3 is 2.25 bits per heavy atom. The van der Waals surface area contributed by atoms with Gasteiger partial charge in [-0.05, 0) is 19.9 Å². The molecule has 0 fully saturated rings. The van der Waals surface area contributed by atoms with E-state index in [0.717, 1.165) is 0 Å². The third-order valence-electron chi connectivity index (χ3n) is 1.50. The second-order valence-electron chi connectivity index (χ2n) is 2.55. The molecule has 2 atom stereocenters. The molecule has 0 aliphatic carbocycles. The summed E-state index contributed by atoms with van der Waals surface area (Å²) in [6.45, 7) is 6.38. The van der Waals surface area contributed by atoms with Crippen molar-refractivity contribution >= 4 is 11.8 Å². The number of rotatable bonds is 5. The Balaban J connectivity index is 3.99. The average Bonchev–Trinajstić information content (AvgIpc) is 2.02. The predicted octanol–water partition coefficient (Wildman–Crippen LogP) is 0.193. The van der Waals surface area contributed by atoms with Gasteiger partial charge in [-0.2, -0.15) is 0 Å². The Morgan fingerprint density at radius 1 is 1.42 bits per heavy atom. The summed E-state index contributed by atoms with van der Waals surface area (Å²) in [4.78, 5) is 21.2. The molecule has 4 heteroatoms. The van der Waals surface area contributed by atoms with Gasteiger partial charge in [-0.25, -0.2) is 0 Å². The standard InChI is InChI=1S/C8H13NO3/c1-4-7(10)5(2)9-6(3)8(11)12/h4-6,9H,1H2,2-3H3,(H,11,12). The van der Waals surface area contributed by atoms with Crippen molar-refractivity contribution in [3.8, 4) is 0 Å². The number of carbonyl (C=O) groups is 2. The van der Waals surface area contributed by atoms with Crippen LogP contribution in [0, 0.1) is 0 Å². The summed E-state index contributed by atoms with van der Waals surface area (Å²) in [6, 6.07) is -1.21. The highest BCUT2D eigenvalue weighted by Crippen LogP contribution is 1.90. The van der Waals surface area contributed by atoms with Gasteiger partial charge < -0.3 is 5.11 Å². The summed E-state index contributed by atoms with van der Waals surface area (Å²) in [6.07, 6.45) is 1.17. The molecule has 0 saturated heterocycles. The minimum absolute atomic E-state index is 0.205. The van der Waals surface area contributed by atoms with Crippen molar-refractivity contribution in [1.82, 2.24) is 5.32 Å². The van der Waals surface area contributed by atoms with Gasteiger partial charge in [-0.15, -0.1) is 0 Å². The molecular weight excluding hydrogens is 158 g/mol. The van der Waals surface area contributed by atoms with E-state index in [-0.39, 0.29) is 5.78 Å². The monoisotopic (exact) mass is 171 g/mol. The molecule has 0 spiro atoms. The number of ketones is 1. The van der Waals surface area contributed by atoms with Gasteiger partial charge in [-0.1, -0.05) is 6.58 Å². The number of nitrogens with one attached hydrogen (secondary N) is 1. The predicted molar refractivity (Wildman–Crippen MR) is 44.9 cm³/mol. The molecule has 0 rings (SSSR count). The summed E-state index contributed by atoms with van der Waals surface area (Å²) in [5.41, 5.74) is 0. The zero-order chi connectivity index (χ0) is 9.72. The summed E-state index contributed by atoms with van der Waals surface area (Å²) >= 11 is 0. The van der Waals surface area contributed by atoms with Crippen LogP contribution in [0.4, 0.5) is 0 Å². The lowest BCUT2D eigenvalue weighted by atomic mass is 10.2. The third-order valence-corrected chi connectivity index (χ3v) is 1.50. The minimum Gasteiger partial charge on any atom is -0.480 e. The lowest BCUT2D eigenvalue weighted by molar-refractivity contribution is -0.139. The SMILES string of the molecule is C=CC(=O)C(C)NC(C)C(=O)O. The van der Waals surface area contributed by atoms with Gasteiger partial charge in [0.2, 0.25) is 0 Å². The van der Waals surface area contributed by atoms with Crippen molar-refractivity contribution in [1.29, 1.82) is 0 Å². The molecule has 0 aromatic rings. The molecule has 2 N–H and O–H groups in total. The van der Waals surface area contributed by atoms with Crippen LogP contribution in [0.15, 0.2) is 12.7 Å². The highest BCUT2D eigenvalue weighted by atomic mass is 16.4. The van der Waals surface area contributed by atoms with E-state index in [1.165, 1.54) is 13.0 Å². The van der Waals surface area contributed by atoms with Crippen LogP contribution in [0.1, 0.15) is 13.8 Å². The van der Waals surface area contributed by atoms with Crippen LogP contribution in [0.2, 0.25) is 0 Å². The minimum atomic E-state index is -0.973. The second kappa shape index (κ2) is 4.66. The van der Waals surface area contributed by atoms with Gasteiger partial charge in [0, 0.05) is 0 Å². The lowest BCUT2D eigenvalue weighted by Gasteiger charge is -2.13. The van der Waals surface area contributed by atoms with Crippen LogP contribution >= 0.6 is 0 Å². The number of carboxylic acid groups (broad SMARTS) is 1. The molecule has 0 aromatic heterocycles. The first kappa shape index (κ1) is 10.8. The molecule has 0 amide bonds. The highest BCUT2D eigenvalue weighted by molar-refractivity contribution is 5.93. The van der Waals surface area contributed by atoms with Gasteiger partial charge in [-0.3, -0.25) is 14.9 Å². The zero-order valence-electron chi connectivity index (χ0n) is 7.20. The van der Waals surface area contributed by atoms with Crippen LogP contribution in [-0.4, -0.2) is 28.9 Å². The van der Waals surface area contributed by atoms with E-state index in [1.807, 2.05) is 0 Å². The lowest BCUT2D eigenvalue weighted by Crippen LogP contribution is -2.43. The van der Waals surface area contributed by atoms with Crippen LogP contribution in [0.25, 0.3) is 0 Å². The number of aliphatic carboxylic acids is 1. The van der Waals surface area contributed by atoms with Crippen LogP contribution in [0.5, 0.6) is 0 Å². The van der Waals surface area contributed by atoms with Crippen LogP contribution < -0.4 is 5.32 Å². The number of carbonyl (C=O) groups excluding carboxylic acids is 1. The molecule has 0 aliphatic heterocycles. The molecule has 0 heterocycles. The van der Waals surface area contributed by atoms with E-state index in [4.69, 9.17) is 5.11 Å². The molecule has 0 radical (unpaired) electrons. The molecule has 2 unspecified atom stereocenters. The second-order valence-corrected chi connectivity index (χ2v) is 2.55. The zero-order valence-corrected chi connectivity index (χ0v) is 7.20. The quantitative estimate of drug-likeness (QED) is 0.579. The molecular formula is C8H13NO3. The maximum Gasteiger partial charge on any atom is 0.320 e. The van der Waals surface area contributed by atoms with Crippen molar-refractivity contribution in [2.45, 2.75) is 25.9 Å². The van der Waals surface area contributed by atoms with E-state index in [2.05, 4.69) is 11.9 Å². The smallest absolute Gasteiger partial charge is 0.320 e. The van der Waals surface area contributed by atoms with Gasteiger partial charge in [0.15, 0.2) is 5.78 Å². The first-order valence-corrected chi connectivity index (χ1v) is 3.64. The third kappa shape index (κ3) is 3.30. The maximum absolute atomic E-state index is 10.9. The van der Waals surface area contributed by atoms with Gasteiger partial charge in [0.1, 0.15) is 6.04 Å². The Hall–Kier alpha value is -1.16. The summed E-state index contributed by atoms with van der Waals surface area (Å²) in [5.74, 6) is -1.18. The Bertz CT molecular complexity index is 200. The van der Waals surface area contributed by atoms with E-state index in [9.17, 15) is 9.59 Å². The molecule has 0 aliphatic rings. The summed E-state index contributed by atoms with van der Waals surface area (Å²) < 4.78 is 0. The first-order valence-electron chi connectivity index (χ1n) is 3.64. The largest absolute Gasteiger partial charge is 0.480 e. The number of hydrogen-bond donors (Lipinski definition) is 2. The maximum atomic E-state index is 10.9. The highest BCUT2D eigenvalue weighted by Gasteiger charge is 2.16. The van der Waals surface area contributed by atoms with E-state index >= 15 is 0 Å². The first-order chi connectivity index (χ1) is 5.49. The molecule has 12 heavy (non-hydrogen) atoms. The van der Waals surface area contributed by atoms with Crippen LogP contribution in [-0.2, 0) is 9.59 Å². The van der Waals surface area contributed by atoms with Gasteiger partial charge in [0.05, 0.1) is 6.04 Å². The van der Waals surface area contributed by atoms with Crippen molar-refractivity contribution in [2.24, 2.45) is 0 Å². The fourth-order valence-electron chi connectivity index (χ4n) is 0.705. The topological polar surface area (TPSA) is 66.4 Å². The molecule has 0 bridgehead atoms.